The molecule has 1 aromatic carbocycles. The molecule has 0 amide bonds. The average Bonchev–Trinajstić information content (AvgIpc) is 2.53. The van der Waals surface area contributed by atoms with Crippen LogP contribution in [0.15, 0.2) is 47.5 Å². The Morgan fingerprint density at radius 1 is 1.27 bits per heavy atom. The summed E-state index contributed by atoms with van der Waals surface area (Å²) in [4.78, 5) is 23.4. The van der Waals surface area contributed by atoms with Crippen LogP contribution in [0.25, 0.3) is 10.9 Å². The number of aromatic amines is 1. The first-order valence-corrected chi connectivity index (χ1v) is 7.19. The third-order valence-corrected chi connectivity index (χ3v) is 3.46. The highest BCUT2D eigenvalue weighted by Crippen LogP contribution is 2.18. The first kappa shape index (κ1) is 14.3. The molecule has 0 fully saturated rings. The number of pyridine rings is 1. The van der Waals surface area contributed by atoms with Gasteiger partial charge in [0, 0.05) is 6.20 Å². The summed E-state index contributed by atoms with van der Waals surface area (Å²) in [5.41, 5.74) is 1.66. The van der Waals surface area contributed by atoms with Crippen LogP contribution < -0.4 is 10.3 Å². The van der Waals surface area contributed by atoms with E-state index in [1.807, 2.05) is 18.2 Å². The molecule has 0 spiro atoms. The van der Waals surface area contributed by atoms with Crippen molar-refractivity contribution in [2.75, 3.05) is 0 Å². The van der Waals surface area contributed by atoms with Gasteiger partial charge in [-0.25, -0.2) is 4.98 Å². The number of hydrogen-bond donors (Lipinski definition) is 1. The molecule has 1 N–H and O–H groups in total. The SMILES string of the molecule is CC(C)c1ccc2nc(COc3cccnc3)[nH]c(=O)c2c1. The largest absolute Gasteiger partial charge is 0.484 e. The van der Waals surface area contributed by atoms with E-state index >= 15 is 0 Å². The van der Waals surface area contributed by atoms with Crippen molar-refractivity contribution in [3.8, 4) is 5.75 Å². The van der Waals surface area contributed by atoms with E-state index in [0.29, 0.717) is 28.4 Å². The molecule has 0 aliphatic carbocycles. The molecule has 5 nitrogen and oxygen atoms in total. The molecule has 0 radical (unpaired) electrons. The third-order valence-electron chi connectivity index (χ3n) is 3.46. The molecule has 2 heterocycles. The van der Waals surface area contributed by atoms with E-state index in [2.05, 4.69) is 28.8 Å². The van der Waals surface area contributed by atoms with Crippen molar-refractivity contribution in [2.24, 2.45) is 0 Å². The topological polar surface area (TPSA) is 67.9 Å². The summed E-state index contributed by atoms with van der Waals surface area (Å²) in [6, 6.07) is 9.39. The molecule has 3 aromatic rings. The summed E-state index contributed by atoms with van der Waals surface area (Å²) in [7, 11) is 0. The van der Waals surface area contributed by atoms with E-state index in [1.165, 1.54) is 0 Å². The molecule has 112 valence electrons. The fraction of sp³-hybridized carbons (Fsp3) is 0.235. The average molecular weight is 295 g/mol. The second-order valence-corrected chi connectivity index (χ2v) is 5.42. The molecule has 22 heavy (non-hydrogen) atoms. The smallest absolute Gasteiger partial charge is 0.258 e. The van der Waals surface area contributed by atoms with Gasteiger partial charge in [0.1, 0.15) is 18.2 Å². The van der Waals surface area contributed by atoms with Crippen LogP contribution in [0.1, 0.15) is 31.2 Å². The lowest BCUT2D eigenvalue weighted by Crippen LogP contribution is -2.14. The molecular weight excluding hydrogens is 278 g/mol. The van der Waals surface area contributed by atoms with Crippen molar-refractivity contribution in [1.29, 1.82) is 0 Å². The van der Waals surface area contributed by atoms with Crippen LogP contribution in [0.2, 0.25) is 0 Å². The number of rotatable bonds is 4. The first-order chi connectivity index (χ1) is 10.6. The van der Waals surface area contributed by atoms with Crippen LogP contribution in [-0.4, -0.2) is 15.0 Å². The second kappa shape index (κ2) is 5.97. The van der Waals surface area contributed by atoms with E-state index in [-0.39, 0.29) is 12.2 Å². The Balaban J connectivity index is 1.89. The van der Waals surface area contributed by atoms with Crippen molar-refractivity contribution < 1.29 is 4.74 Å². The molecule has 5 heteroatoms. The lowest BCUT2D eigenvalue weighted by atomic mass is 10.0. The molecule has 0 unspecified atom stereocenters. The Hall–Kier alpha value is -2.69. The van der Waals surface area contributed by atoms with Gasteiger partial charge in [0.15, 0.2) is 0 Å². The standard InChI is InChI=1S/C17H17N3O2/c1-11(2)12-5-6-15-14(8-12)17(21)20-16(19-15)10-22-13-4-3-7-18-9-13/h3-9,11H,10H2,1-2H3,(H,19,20,21). The number of fused-ring (bicyclic) bond motifs is 1. The van der Waals surface area contributed by atoms with Crippen molar-refractivity contribution >= 4 is 10.9 Å². The molecule has 2 aromatic heterocycles. The van der Waals surface area contributed by atoms with E-state index in [1.54, 1.807) is 24.5 Å². The second-order valence-electron chi connectivity index (χ2n) is 5.42. The summed E-state index contributed by atoms with van der Waals surface area (Å²) in [5.74, 6) is 1.51. The van der Waals surface area contributed by atoms with Gasteiger partial charge in [-0.05, 0) is 35.7 Å². The highest BCUT2D eigenvalue weighted by Gasteiger charge is 2.07. The Bertz CT molecular complexity index is 841. The number of nitrogens with zero attached hydrogens (tertiary/aromatic N) is 2. The fourth-order valence-electron chi connectivity index (χ4n) is 2.22. The van der Waals surface area contributed by atoms with Crippen molar-refractivity contribution in [3.63, 3.8) is 0 Å². The number of aromatic nitrogens is 3. The van der Waals surface area contributed by atoms with E-state index in [4.69, 9.17) is 4.74 Å². The summed E-state index contributed by atoms with van der Waals surface area (Å²) in [6.07, 6.45) is 3.30. The quantitative estimate of drug-likeness (QED) is 0.803. The molecule has 0 saturated heterocycles. The highest BCUT2D eigenvalue weighted by molar-refractivity contribution is 5.78. The van der Waals surface area contributed by atoms with Crippen molar-refractivity contribution in [1.82, 2.24) is 15.0 Å². The third kappa shape index (κ3) is 2.98. The number of nitrogens with one attached hydrogen (secondary N) is 1. The molecule has 0 aliphatic rings. The number of benzene rings is 1. The molecule has 0 bridgehead atoms. The Kier molecular flexibility index (Phi) is 3.87. The minimum absolute atomic E-state index is 0.141. The molecular formula is C17H17N3O2. The maximum absolute atomic E-state index is 12.2. The monoisotopic (exact) mass is 295 g/mol. The predicted molar refractivity (Wildman–Crippen MR) is 85.0 cm³/mol. The van der Waals surface area contributed by atoms with E-state index < -0.39 is 0 Å². The summed E-state index contributed by atoms with van der Waals surface area (Å²) < 4.78 is 5.56. The van der Waals surface area contributed by atoms with Crippen LogP contribution in [0.3, 0.4) is 0 Å². The fourth-order valence-corrected chi connectivity index (χ4v) is 2.22. The van der Waals surface area contributed by atoms with Gasteiger partial charge in [0.2, 0.25) is 0 Å². The maximum Gasteiger partial charge on any atom is 0.258 e. The Morgan fingerprint density at radius 3 is 2.86 bits per heavy atom. The minimum atomic E-state index is -0.141. The van der Waals surface area contributed by atoms with Gasteiger partial charge in [0.25, 0.3) is 5.56 Å². The molecule has 0 saturated carbocycles. The van der Waals surface area contributed by atoms with Crippen LogP contribution in [0.4, 0.5) is 0 Å². The highest BCUT2D eigenvalue weighted by atomic mass is 16.5. The number of H-pyrrole nitrogens is 1. The zero-order chi connectivity index (χ0) is 15.5. The summed E-state index contributed by atoms with van der Waals surface area (Å²) in [6.45, 7) is 4.39. The minimum Gasteiger partial charge on any atom is -0.484 e. The van der Waals surface area contributed by atoms with Gasteiger partial charge in [0.05, 0.1) is 17.1 Å². The normalized spacial score (nSPS) is 11.0. The zero-order valence-corrected chi connectivity index (χ0v) is 12.5. The van der Waals surface area contributed by atoms with Crippen LogP contribution in [0.5, 0.6) is 5.75 Å². The van der Waals surface area contributed by atoms with Crippen molar-refractivity contribution in [3.05, 3.63) is 64.5 Å². The summed E-state index contributed by atoms with van der Waals surface area (Å²) >= 11 is 0. The van der Waals surface area contributed by atoms with E-state index in [0.717, 1.165) is 5.56 Å². The molecule has 0 aliphatic heterocycles. The van der Waals surface area contributed by atoms with Crippen LogP contribution in [-0.2, 0) is 6.61 Å². The predicted octanol–water partition coefficient (Wildman–Crippen LogP) is 3.02. The van der Waals surface area contributed by atoms with Crippen LogP contribution >= 0.6 is 0 Å². The lowest BCUT2D eigenvalue weighted by molar-refractivity contribution is 0.295. The molecule has 3 rings (SSSR count). The number of ether oxygens (including phenoxy) is 1. The van der Waals surface area contributed by atoms with Crippen molar-refractivity contribution in [2.45, 2.75) is 26.4 Å². The molecule has 0 atom stereocenters. The summed E-state index contributed by atoms with van der Waals surface area (Å²) in [5, 5.41) is 0.608. The van der Waals surface area contributed by atoms with Crippen LogP contribution in [0, 0.1) is 0 Å². The van der Waals surface area contributed by atoms with Gasteiger partial charge < -0.3 is 9.72 Å². The maximum atomic E-state index is 12.2. The Morgan fingerprint density at radius 2 is 2.14 bits per heavy atom. The van der Waals surface area contributed by atoms with Gasteiger partial charge >= 0.3 is 0 Å². The van der Waals surface area contributed by atoms with E-state index in [9.17, 15) is 4.79 Å². The van der Waals surface area contributed by atoms with Gasteiger partial charge in [-0.2, -0.15) is 0 Å². The van der Waals surface area contributed by atoms with Gasteiger partial charge in [-0.15, -0.1) is 0 Å². The first-order valence-electron chi connectivity index (χ1n) is 7.19. The van der Waals surface area contributed by atoms with Gasteiger partial charge in [-0.3, -0.25) is 9.78 Å². The number of hydrogen-bond acceptors (Lipinski definition) is 4. The Labute approximate surface area is 128 Å². The van der Waals surface area contributed by atoms with Gasteiger partial charge in [-0.1, -0.05) is 19.9 Å². The zero-order valence-electron chi connectivity index (χ0n) is 12.5. The lowest BCUT2D eigenvalue weighted by Gasteiger charge is -2.08.